The average molecular weight is 466 g/mol. The quantitative estimate of drug-likeness (QED) is 0.673. The van der Waals surface area contributed by atoms with Gasteiger partial charge in [-0.25, -0.2) is 8.42 Å². The van der Waals surface area contributed by atoms with Crippen LogP contribution in [0.2, 0.25) is 0 Å². The van der Waals surface area contributed by atoms with Crippen LogP contribution in [0.5, 0.6) is 0 Å². The first-order chi connectivity index (χ1) is 13.5. The number of amides is 1. The summed E-state index contributed by atoms with van der Waals surface area (Å²) in [5.41, 5.74) is 1.39. The van der Waals surface area contributed by atoms with Gasteiger partial charge in [-0.15, -0.1) is 0 Å². The number of rotatable bonds is 6. The van der Waals surface area contributed by atoms with Crippen LogP contribution >= 0.6 is 15.9 Å². The predicted molar refractivity (Wildman–Crippen MR) is 115 cm³/mol. The van der Waals surface area contributed by atoms with Crippen molar-refractivity contribution in [3.8, 4) is 0 Å². The molecule has 0 aromatic heterocycles. The van der Waals surface area contributed by atoms with E-state index in [4.69, 9.17) is 0 Å². The van der Waals surface area contributed by atoms with Crippen LogP contribution in [0.3, 0.4) is 0 Å². The summed E-state index contributed by atoms with van der Waals surface area (Å²) in [6.07, 6.45) is 3.98. The van der Waals surface area contributed by atoms with Gasteiger partial charge >= 0.3 is 0 Å². The SMILES string of the molecule is O=C(CNc1ccc(S(=O)(=O)N2CCCCCC2)cc1)Nc1ccccc1Br. The average Bonchev–Trinajstić information content (AvgIpc) is 2.99. The molecule has 0 bridgehead atoms. The topological polar surface area (TPSA) is 78.5 Å². The number of carbonyl (C=O) groups is 1. The molecule has 6 nitrogen and oxygen atoms in total. The fourth-order valence-corrected chi connectivity index (χ4v) is 5.02. The summed E-state index contributed by atoms with van der Waals surface area (Å²) in [4.78, 5) is 12.4. The lowest BCUT2D eigenvalue weighted by Gasteiger charge is -2.20. The standard InChI is InChI=1S/C20H24BrN3O3S/c21-18-7-3-4-8-19(18)23-20(25)15-22-16-9-11-17(12-10-16)28(26,27)24-13-5-1-2-6-14-24/h3-4,7-12,22H,1-2,5-6,13-15H2,(H,23,25). The largest absolute Gasteiger partial charge is 0.376 e. The highest BCUT2D eigenvalue weighted by atomic mass is 79.9. The fraction of sp³-hybridized carbons (Fsp3) is 0.350. The van der Waals surface area contributed by atoms with Gasteiger partial charge in [0.15, 0.2) is 0 Å². The third kappa shape index (κ3) is 5.33. The van der Waals surface area contributed by atoms with Crippen molar-refractivity contribution in [2.45, 2.75) is 30.6 Å². The van der Waals surface area contributed by atoms with Crippen LogP contribution in [0.4, 0.5) is 11.4 Å². The highest BCUT2D eigenvalue weighted by Crippen LogP contribution is 2.22. The van der Waals surface area contributed by atoms with Gasteiger partial charge in [0.2, 0.25) is 15.9 Å². The van der Waals surface area contributed by atoms with Crippen molar-refractivity contribution in [3.63, 3.8) is 0 Å². The minimum absolute atomic E-state index is 0.0829. The number of nitrogens with one attached hydrogen (secondary N) is 2. The molecule has 1 heterocycles. The van der Waals surface area contributed by atoms with Crippen molar-refractivity contribution in [1.29, 1.82) is 0 Å². The number of hydrogen-bond acceptors (Lipinski definition) is 4. The molecule has 8 heteroatoms. The van der Waals surface area contributed by atoms with E-state index < -0.39 is 10.0 Å². The number of para-hydroxylation sites is 1. The Labute approximate surface area is 174 Å². The minimum atomic E-state index is -3.46. The molecule has 0 atom stereocenters. The monoisotopic (exact) mass is 465 g/mol. The molecule has 1 aliphatic heterocycles. The summed E-state index contributed by atoms with van der Waals surface area (Å²) in [7, 11) is -3.46. The Balaban J connectivity index is 1.58. The van der Waals surface area contributed by atoms with Crippen molar-refractivity contribution < 1.29 is 13.2 Å². The van der Waals surface area contributed by atoms with E-state index in [-0.39, 0.29) is 17.3 Å². The van der Waals surface area contributed by atoms with E-state index in [1.165, 1.54) is 0 Å². The van der Waals surface area contributed by atoms with Gasteiger partial charge in [0, 0.05) is 23.2 Å². The van der Waals surface area contributed by atoms with Crippen molar-refractivity contribution >= 4 is 43.2 Å². The molecule has 150 valence electrons. The van der Waals surface area contributed by atoms with Gasteiger partial charge in [0.25, 0.3) is 0 Å². The van der Waals surface area contributed by atoms with Crippen LogP contribution in [-0.4, -0.2) is 38.3 Å². The molecule has 2 aromatic carbocycles. The molecule has 2 N–H and O–H groups in total. The van der Waals surface area contributed by atoms with Crippen LogP contribution in [0.1, 0.15) is 25.7 Å². The van der Waals surface area contributed by atoms with Gasteiger partial charge in [0.1, 0.15) is 0 Å². The van der Waals surface area contributed by atoms with Crippen LogP contribution in [0, 0.1) is 0 Å². The lowest BCUT2D eigenvalue weighted by Crippen LogP contribution is -2.31. The first-order valence-electron chi connectivity index (χ1n) is 9.35. The molecule has 0 aliphatic carbocycles. The van der Waals surface area contributed by atoms with Gasteiger partial charge in [-0.05, 0) is 65.2 Å². The minimum Gasteiger partial charge on any atom is -0.376 e. The molecule has 28 heavy (non-hydrogen) atoms. The van der Waals surface area contributed by atoms with E-state index in [1.807, 2.05) is 24.3 Å². The van der Waals surface area contributed by atoms with E-state index >= 15 is 0 Å². The maximum atomic E-state index is 12.8. The molecule has 1 fully saturated rings. The molecule has 3 rings (SSSR count). The van der Waals surface area contributed by atoms with Crippen molar-refractivity contribution in [1.82, 2.24) is 4.31 Å². The molecule has 1 saturated heterocycles. The lowest BCUT2D eigenvalue weighted by atomic mass is 10.2. The molecule has 0 radical (unpaired) electrons. The molecule has 0 saturated carbocycles. The Hall–Kier alpha value is -1.90. The van der Waals surface area contributed by atoms with E-state index in [9.17, 15) is 13.2 Å². The van der Waals surface area contributed by atoms with E-state index in [0.29, 0.717) is 24.5 Å². The second-order valence-electron chi connectivity index (χ2n) is 6.72. The van der Waals surface area contributed by atoms with Crippen molar-refractivity contribution in [3.05, 3.63) is 53.0 Å². The second-order valence-corrected chi connectivity index (χ2v) is 9.52. The number of hydrogen-bond donors (Lipinski definition) is 2. The normalized spacial score (nSPS) is 15.6. The maximum absolute atomic E-state index is 12.8. The van der Waals surface area contributed by atoms with E-state index in [2.05, 4.69) is 26.6 Å². The van der Waals surface area contributed by atoms with Crippen LogP contribution < -0.4 is 10.6 Å². The van der Waals surface area contributed by atoms with Gasteiger partial charge in [-0.1, -0.05) is 25.0 Å². The molecular weight excluding hydrogens is 442 g/mol. The zero-order valence-electron chi connectivity index (χ0n) is 15.5. The summed E-state index contributed by atoms with van der Waals surface area (Å²) < 4.78 is 28.0. The van der Waals surface area contributed by atoms with Gasteiger partial charge in [-0.3, -0.25) is 4.79 Å². The Bertz CT molecular complexity index is 909. The maximum Gasteiger partial charge on any atom is 0.243 e. The smallest absolute Gasteiger partial charge is 0.243 e. The number of benzene rings is 2. The molecule has 1 amide bonds. The zero-order valence-corrected chi connectivity index (χ0v) is 17.9. The van der Waals surface area contributed by atoms with Gasteiger partial charge in [0.05, 0.1) is 17.1 Å². The summed E-state index contributed by atoms with van der Waals surface area (Å²) in [6, 6.07) is 13.9. The number of carbonyl (C=O) groups excluding carboxylic acids is 1. The fourth-order valence-electron chi connectivity index (χ4n) is 3.12. The summed E-state index contributed by atoms with van der Waals surface area (Å²) in [6.45, 7) is 1.24. The molecule has 0 unspecified atom stereocenters. The lowest BCUT2D eigenvalue weighted by molar-refractivity contribution is -0.114. The number of sulfonamides is 1. The summed E-state index contributed by atoms with van der Waals surface area (Å²) in [5.74, 6) is -0.187. The molecule has 2 aromatic rings. The van der Waals surface area contributed by atoms with Crippen molar-refractivity contribution in [2.24, 2.45) is 0 Å². The Morgan fingerprint density at radius 1 is 0.964 bits per heavy atom. The number of anilines is 2. The number of halogens is 1. The van der Waals surface area contributed by atoms with Gasteiger partial charge < -0.3 is 10.6 Å². The first kappa shape index (κ1) is 20.8. The zero-order chi connectivity index (χ0) is 20.0. The van der Waals surface area contributed by atoms with Crippen LogP contribution in [-0.2, 0) is 14.8 Å². The van der Waals surface area contributed by atoms with Crippen molar-refractivity contribution in [2.75, 3.05) is 30.3 Å². The Kier molecular flexibility index (Phi) is 7.09. The Morgan fingerprint density at radius 3 is 2.25 bits per heavy atom. The van der Waals surface area contributed by atoms with E-state index in [1.54, 1.807) is 28.6 Å². The Morgan fingerprint density at radius 2 is 1.61 bits per heavy atom. The highest BCUT2D eigenvalue weighted by molar-refractivity contribution is 9.10. The molecular formula is C20H24BrN3O3S. The summed E-state index contributed by atoms with van der Waals surface area (Å²) >= 11 is 3.39. The summed E-state index contributed by atoms with van der Waals surface area (Å²) in [5, 5.41) is 5.83. The number of nitrogens with zero attached hydrogens (tertiary/aromatic N) is 1. The third-order valence-corrected chi connectivity index (χ3v) is 7.26. The third-order valence-electron chi connectivity index (χ3n) is 4.66. The van der Waals surface area contributed by atoms with Gasteiger partial charge in [-0.2, -0.15) is 4.31 Å². The highest BCUT2D eigenvalue weighted by Gasteiger charge is 2.24. The molecule has 1 aliphatic rings. The predicted octanol–water partition coefficient (Wildman–Crippen LogP) is 4.06. The van der Waals surface area contributed by atoms with Crippen LogP contribution in [0.15, 0.2) is 57.9 Å². The molecule has 0 spiro atoms. The van der Waals surface area contributed by atoms with Crippen LogP contribution in [0.25, 0.3) is 0 Å². The first-order valence-corrected chi connectivity index (χ1v) is 11.6. The second kappa shape index (κ2) is 9.54. The van der Waals surface area contributed by atoms with E-state index in [0.717, 1.165) is 30.2 Å².